The summed E-state index contributed by atoms with van der Waals surface area (Å²) in [5.41, 5.74) is 0.311. The van der Waals surface area contributed by atoms with Crippen LogP contribution in [-0.2, 0) is 0 Å². The molecule has 0 aliphatic carbocycles. The minimum atomic E-state index is -0.436. The monoisotopic (exact) mass is 328 g/mol. The highest BCUT2D eigenvalue weighted by molar-refractivity contribution is 9.10. The normalized spacial score (nSPS) is 10.2. The minimum absolute atomic E-state index is 0.307. The number of ether oxygens (including phenoxy) is 1. The second kappa shape index (κ2) is 5.50. The van der Waals surface area contributed by atoms with Crippen LogP contribution >= 0.6 is 27.5 Å². The molecular formula is C13H7BrClFO2. The van der Waals surface area contributed by atoms with Crippen molar-refractivity contribution in [3.05, 3.63) is 57.3 Å². The van der Waals surface area contributed by atoms with Crippen molar-refractivity contribution in [2.45, 2.75) is 0 Å². The third-order valence-corrected chi connectivity index (χ3v) is 3.10. The summed E-state index contributed by atoms with van der Waals surface area (Å²) in [6.45, 7) is 0. The van der Waals surface area contributed by atoms with Gasteiger partial charge < -0.3 is 4.74 Å². The Hall–Kier alpha value is -1.39. The van der Waals surface area contributed by atoms with Gasteiger partial charge in [0.2, 0.25) is 0 Å². The van der Waals surface area contributed by atoms with E-state index in [-0.39, 0.29) is 0 Å². The minimum Gasteiger partial charge on any atom is -0.457 e. The van der Waals surface area contributed by atoms with Gasteiger partial charge >= 0.3 is 0 Å². The van der Waals surface area contributed by atoms with Gasteiger partial charge in [0.05, 0.1) is 10.0 Å². The molecule has 2 nitrogen and oxygen atoms in total. The van der Waals surface area contributed by atoms with Gasteiger partial charge in [0.1, 0.15) is 17.3 Å². The fraction of sp³-hybridized carbons (Fsp3) is 0. The van der Waals surface area contributed by atoms with Gasteiger partial charge in [-0.3, -0.25) is 4.79 Å². The molecule has 0 unspecified atom stereocenters. The fourth-order valence-corrected chi connectivity index (χ4v) is 1.80. The number of halogens is 3. The maximum Gasteiger partial charge on any atom is 0.153 e. The molecule has 0 fully saturated rings. The molecule has 0 aromatic heterocycles. The fourth-order valence-electron chi connectivity index (χ4n) is 1.37. The van der Waals surface area contributed by atoms with Crippen molar-refractivity contribution in [2.24, 2.45) is 0 Å². The van der Waals surface area contributed by atoms with E-state index in [9.17, 15) is 9.18 Å². The predicted octanol–water partition coefficient (Wildman–Crippen LogP) is 4.85. The Labute approximate surface area is 116 Å². The summed E-state index contributed by atoms with van der Waals surface area (Å²) >= 11 is 8.81. The maximum absolute atomic E-state index is 13.3. The zero-order valence-corrected chi connectivity index (χ0v) is 11.3. The number of carbonyl (C=O) groups is 1. The van der Waals surface area contributed by atoms with Crippen molar-refractivity contribution in [3.63, 3.8) is 0 Å². The van der Waals surface area contributed by atoms with Crippen LogP contribution in [0, 0.1) is 5.82 Å². The van der Waals surface area contributed by atoms with Crippen molar-refractivity contribution >= 4 is 33.8 Å². The van der Waals surface area contributed by atoms with E-state index >= 15 is 0 Å². The van der Waals surface area contributed by atoms with Crippen LogP contribution in [0.1, 0.15) is 10.4 Å². The Balaban J connectivity index is 2.33. The van der Waals surface area contributed by atoms with Crippen molar-refractivity contribution < 1.29 is 13.9 Å². The summed E-state index contributed by atoms with van der Waals surface area (Å²) in [6.07, 6.45) is 0.635. The molecule has 0 aliphatic heterocycles. The Morgan fingerprint density at radius 3 is 2.67 bits per heavy atom. The van der Waals surface area contributed by atoms with Gasteiger partial charge in [-0.15, -0.1) is 0 Å². The Morgan fingerprint density at radius 2 is 2.00 bits per heavy atom. The molecule has 0 N–H and O–H groups in total. The second-order valence-electron chi connectivity index (χ2n) is 3.48. The summed E-state index contributed by atoms with van der Waals surface area (Å²) in [6, 6.07) is 9.00. The number of hydrogen-bond donors (Lipinski definition) is 0. The highest BCUT2D eigenvalue weighted by Crippen LogP contribution is 2.29. The number of benzene rings is 2. The van der Waals surface area contributed by atoms with E-state index in [1.807, 2.05) is 0 Å². The van der Waals surface area contributed by atoms with Gasteiger partial charge in [-0.2, -0.15) is 0 Å². The molecule has 5 heteroatoms. The van der Waals surface area contributed by atoms with E-state index < -0.39 is 5.82 Å². The summed E-state index contributed by atoms with van der Waals surface area (Å²) in [4.78, 5) is 10.9. The van der Waals surface area contributed by atoms with Crippen LogP contribution in [-0.4, -0.2) is 6.29 Å². The van der Waals surface area contributed by atoms with Crippen LogP contribution in [0.25, 0.3) is 0 Å². The lowest BCUT2D eigenvalue weighted by Gasteiger charge is -2.08. The van der Waals surface area contributed by atoms with Gasteiger partial charge in [0.15, 0.2) is 6.29 Å². The molecule has 2 aromatic carbocycles. The van der Waals surface area contributed by atoms with Crippen LogP contribution in [0.4, 0.5) is 4.39 Å². The lowest BCUT2D eigenvalue weighted by Crippen LogP contribution is -1.91. The molecule has 0 heterocycles. The third-order valence-electron chi connectivity index (χ3n) is 2.22. The summed E-state index contributed by atoms with van der Waals surface area (Å²) < 4.78 is 19.1. The van der Waals surface area contributed by atoms with E-state index in [4.69, 9.17) is 16.3 Å². The highest BCUT2D eigenvalue weighted by atomic mass is 79.9. The molecule has 92 valence electrons. The molecule has 0 saturated carbocycles. The van der Waals surface area contributed by atoms with Gasteiger partial charge in [-0.1, -0.05) is 11.6 Å². The molecule has 0 spiro atoms. The molecule has 0 atom stereocenters. The van der Waals surface area contributed by atoms with Crippen LogP contribution in [0.2, 0.25) is 5.02 Å². The Morgan fingerprint density at radius 1 is 1.22 bits per heavy atom. The average Bonchev–Trinajstić information content (AvgIpc) is 2.36. The summed E-state index contributed by atoms with van der Waals surface area (Å²) in [5.74, 6) is 0.200. The van der Waals surface area contributed by atoms with Gasteiger partial charge in [-0.25, -0.2) is 4.39 Å². The van der Waals surface area contributed by atoms with Crippen LogP contribution in [0.5, 0.6) is 11.5 Å². The first-order valence-corrected chi connectivity index (χ1v) is 6.15. The molecule has 0 amide bonds. The molecule has 0 bridgehead atoms. The van der Waals surface area contributed by atoms with E-state index in [0.29, 0.717) is 32.8 Å². The van der Waals surface area contributed by atoms with E-state index in [0.717, 1.165) is 0 Å². The van der Waals surface area contributed by atoms with Crippen LogP contribution < -0.4 is 4.74 Å². The maximum atomic E-state index is 13.3. The SMILES string of the molecule is O=Cc1cc(Cl)ccc1Oc1ccc(Br)c(F)c1. The molecule has 2 aromatic rings. The largest absolute Gasteiger partial charge is 0.457 e. The van der Waals surface area contributed by atoms with Crippen molar-refractivity contribution in [3.8, 4) is 11.5 Å². The van der Waals surface area contributed by atoms with Crippen molar-refractivity contribution in [1.29, 1.82) is 0 Å². The molecule has 0 aliphatic rings. The number of rotatable bonds is 3. The average molecular weight is 330 g/mol. The molecular weight excluding hydrogens is 322 g/mol. The smallest absolute Gasteiger partial charge is 0.153 e. The Kier molecular flexibility index (Phi) is 3.99. The predicted molar refractivity (Wildman–Crippen MR) is 71.0 cm³/mol. The highest BCUT2D eigenvalue weighted by Gasteiger charge is 2.07. The zero-order valence-electron chi connectivity index (χ0n) is 8.99. The first-order chi connectivity index (χ1) is 8.60. The van der Waals surface area contributed by atoms with Gasteiger partial charge in [-0.05, 0) is 46.3 Å². The second-order valence-corrected chi connectivity index (χ2v) is 4.77. The number of carbonyl (C=O) groups excluding carboxylic acids is 1. The van der Waals surface area contributed by atoms with Crippen molar-refractivity contribution in [1.82, 2.24) is 0 Å². The summed E-state index contributed by atoms with van der Waals surface area (Å²) in [5, 5.41) is 0.437. The van der Waals surface area contributed by atoms with Gasteiger partial charge in [0, 0.05) is 11.1 Å². The van der Waals surface area contributed by atoms with E-state index in [2.05, 4.69) is 15.9 Å². The third kappa shape index (κ3) is 2.89. The zero-order chi connectivity index (χ0) is 13.1. The standard InChI is InChI=1S/C13H7BrClFO2/c14-11-3-2-10(6-12(11)16)18-13-4-1-9(15)5-8(13)7-17/h1-7H. The molecule has 0 radical (unpaired) electrons. The topological polar surface area (TPSA) is 26.3 Å². The lowest BCUT2D eigenvalue weighted by atomic mass is 10.2. The van der Waals surface area contributed by atoms with Gasteiger partial charge in [0.25, 0.3) is 0 Å². The quantitative estimate of drug-likeness (QED) is 0.753. The Bertz CT molecular complexity index is 602. The number of hydrogen-bond acceptors (Lipinski definition) is 2. The molecule has 0 saturated heterocycles. The summed E-state index contributed by atoms with van der Waals surface area (Å²) in [7, 11) is 0. The van der Waals surface area contributed by atoms with Crippen LogP contribution in [0.15, 0.2) is 40.9 Å². The van der Waals surface area contributed by atoms with E-state index in [1.165, 1.54) is 18.2 Å². The lowest BCUT2D eigenvalue weighted by molar-refractivity contribution is 0.112. The molecule has 18 heavy (non-hydrogen) atoms. The first kappa shape index (κ1) is 13.1. The first-order valence-electron chi connectivity index (χ1n) is 4.98. The van der Waals surface area contributed by atoms with E-state index in [1.54, 1.807) is 18.2 Å². The molecule has 2 rings (SSSR count). The van der Waals surface area contributed by atoms with Crippen molar-refractivity contribution in [2.75, 3.05) is 0 Å². The number of aldehydes is 1. The van der Waals surface area contributed by atoms with Crippen LogP contribution in [0.3, 0.4) is 0 Å².